The van der Waals surface area contributed by atoms with Gasteiger partial charge in [-0.1, -0.05) is 48.5 Å². The number of piperidine rings is 1. The minimum Gasteiger partial charge on any atom is -0.383 e. The summed E-state index contributed by atoms with van der Waals surface area (Å²) in [6.45, 7) is 3.92. The Morgan fingerprint density at radius 1 is 1.18 bits per heavy atom. The van der Waals surface area contributed by atoms with Crippen LogP contribution in [-0.2, 0) is 17.6 Å². The van der Waals surface area contributed by atoms with E-state index in [1.54, 1.807) is 11.3 Å². The van der Waals surface area contributed by atoms with Crippen molar-refractivity contribution in [2.75, 3.05) is 37.7 Å². The summed E-state index contributed by atoms with van der Waals surface area (Å²) in [7, 11) is 0. The van der Waals surface area contributed by atoms with Crippen LogP contribution in [0, 0.1) is 0 Å². The zero-order chi connectivity index (χ0) is 22.6. The lowest BCUT2D eigenvalue weighted by molar-refractivity contribution is -0.118. The molecule has 1 atom stereocenters. The van der Waals surface area contributed by atoms with Crippen molar-refractivity contribution in [1.29, 1.82) is 0 Å². The van der Waals surface area contributed by atoms with Crippen molar-refractivity contribution < 1.29 is 4.79 Å². The maximum atomic E-state index is 12.3. The highest BCUT2D eigenvalue weighted by Gasteiger charge is 2.26. The number of aryl methyl sites for hydroxylation is 1. The molecule has 8 heteroatoms. The summed E-state index contributed by atoms with van der Waals surface area (Å²) in [4.78, 5) is 26.4. The third kappa shape index (κ3) is 5.34. The van der Waals surface area contributed by atoms with Crippen LogP contribution in [0.2, 0.25) is 0 Å². The molecule has 1 aliphatic carbocycles. The van der Waals surface area contributed by atoms with E-state index in [1.165, 1.54) is 47.0 Å². The van der Waals surface area contributed by atoms with Crippen LogP contribution in [0.15, 0.2) is 35.5 Å². The molecule has 1 aliphatic heterocycles. The molecule has 0 radical (unpaired) electrons. The smallest absolute Gasteiger partial charge is 0.230 e. The van der Waals surface area contributed by atoms with Crippen molar-refractivity contribution in [2.45, 2.75) is 49.6 Å². The molecule has 2 aromatic heterocycles. The van der Waals surface area contributed by atoms with Gasteiger partial charge < -0.3 is 16.0 Å². The highest BCUT2D eigenvalue weighted by molar-refractivity contribution is 7.99. The van der Waals surface area contributed by atoms with E-state index in [2.05, 4.69) is 45.5 Å². The summed E-state index contributed by atoms with van der Waals surface area (Å²) < 4.78 is 0. The first-order chi connectivity index (χ1) is 16.2. The van der Waals surface area contributed by atoms with Crippen LogP contribution in [0.1, 0.15) is 47.6 Å². The molecule has 3 N–H and O–H groups in total. The largest absolute Gasteiger partial charge is 0.383 e. The number of hydrogen-bond acceptors (Lipinski definition) is 7. The van der Waals surface area contributed by atoms with Crippen molar-refractivity contribution in [3.8, 4) is 0 Å². The molecule has 2 aliphatic rings. The molecule has 0 saturated carbocycles. The van der Waals surface area contributed by atoms with Crippen LogP contribution in [0.3, 0.4) is 0 Å². The topological polar surface area (TPSA) is 84.1 Å². The lowest BCUT2D eigenvalue weighted by Gasteiger charge is -2.26. The van der Waals surface area contributed by atoms with Gasteiger partial charge in [0.25, 0.3) is 0 Å². The Morgan fingerprint density at radius 3 is 2.82 bits per heavy atom. The number of benzene rings is 1. The molecule has 33 heavy (non-hydrogen) atoms. The van der Waals surface area contributed by atoms with E-state index in [0.29, 0.717) is 29.2 Å². The van der Waals surface area contributed by atoms with E-state index in [0.717, 1.165) is 49.1 Å². The Balaban J connectivity index is 1.20. The monoisotopic (exact) mass is 481 g/mol. The molecule has 1 fully saturated rings. The molecule has 3 aromatic rings. The molecule has 1 aromatic carbocycles. The van der Waals surface area contributed by atoms with Crippen LogP contribution in [0.4, 0.5) is 5.82 Å². The Kier molecular flexibility index (Phi) is 7.13. The van der Waals surface area contributed by atoms with E-state index >= 15 is 0 Å². The number of carbonyl (C=O) groups excluding carboxylic acids is 1. The van der Waals surface area contributed by atoms with Gasteiger partial charge in [0, 0.05) is 18.0 Å². The number of thioether (sulfide) groups is 1. The number of amides is 1. The van der Waals surface area contributed by atoms with E-state index in [4.69, 9.17) is 10.7 Å². The fraction of sp³-hybridized carbons (Fsp3) is 0.480. The summed E-state index contributed by atoms with van der Waals surface area (Å²) in [6.07, 6.45) is 7.02. The van der Waals surface area contributed by atoms with Gasteiger partial charge in [-0.15, -0.1) is 11.3 Å². The van der Waals surface area contributed by atoms with Crippen molar-refractivity contribution in [3.05, 3.63) is 46.3 Å². The summed E-state index contributed by atoms with van der Waals surface area (Å²) in [5.74, 6) is 1.43. The van der Waals surface area contributed by atoms with E-state index < -0.39 is 0 Å². The van der Waals surface area contributed by atoms with Gasteiger partial charge in [-0.05, 0) is 62.2 Å². The quantitative estimate of drug-likeness (QED) is 0.388. The zero-order valence-electron chi connectivity index (χ0n) is 18.9. The summed E-state index contributed by atoms with van der Waals surface area (Å²) in [6, 6.07) is 10.8. The van der Waals surface area contributed by atoms with Crippen LogP contribution in [0.5, 0.6) is 0 Å². The van der Waals surface area contributed by atoms with Gasteiger partial charge in [0.1, 0.15) is 10.6 Å². The third-order valence-electron chi connectivity index (χ3n) is 6.72. The number of nitrogens with two attached hydrogens (primary N) is 1. The second-order valence-electron chi connectivity index (χ2n) is 8.97. The fourth-order valence-corrected chi connectivity index (χ4v) is 7.02. The average Bonchev–Trinajstić information content (AvgIpc) is 3.22. The van der Waals surface area contributed by atoms with Gasteiger partial charge in [-0.2, -0.15) is 0 Å². The minimum atomic E-state index is 0.0236. The normalized spacial score (nSPS) is 18.8. The molecule has 174 valence electrons. The number of rotatable bonds is 7. The van der Waals surface area contributed by atoms with Crippen LogP contribution >= 0.6 is 23.1 Å². The molecule has 5 rings (SSSR count). The van der Waals surface area contributed by atoms with E-state index in [9.17, 15) is 4.79 Å². The zero-order valence-corrected chi connectivity index (χ0v) is 20.5. The average molecular weight is 482 g/mol. The van der Waals surface area contributed by atoms with Crippen molar-refractivity contribution in [3.63, 3.8) is 0 Å². The lowest BCUT2D eigenvalue weighted by atomic mass is 9.83. The summed E-state index contributed by atoms with van der Waals surface area (Å²) >= 11 is 3.11. The predicted octanol–water partition coefficient (Wildman–Crippen LogP) is 4.24. The summed E-state index contributed by atoms with van der Waals surface area (Å²) in [5, 5.41) is 4.64. The van der Waals surface area contributed by atoms with Crippen LogP contribution in [0.25, 0.3) is 10.2 Å². The maximum Gasteiger partial charge on any atom is 0.230 e. The van der Waals surface area contributed by atoms with Crippen molar-refractivity contribution in [2.24, 2.45) is 0 Å². The lowest BCUT2D eigenvalue weighted by Crippen LogP contribution is -2.38. The SMILES string of the molecule is Nc1nc(SCC(=O)NCCN2CCCCC2)nc2sc3c(c12)CCC(c1ccccc1)C3. The fourth-order valence-electron chi connectivity index (χ4n) is 4.98. The molecule has 0 spiro atoms. The van der Waals surface area contributed by atoms with Crippen LogP contribution < -0.4 is 11.1 Å². The van der Waals surface area contributed by atoms with E-state index in [-0.39, 0.29) is 5.91 Å². The Labute approximate surface area is 203 Å². The number of carbonyl (C=O) groups is 1. The summed E-state index contributed by atoms with van der Waals surface area (Å²) in [5.41, 5.74) is 9.11. The number of nitrogens with one attached hydrogen (secondary N) is 1. The molecular formula is C25H31N5OS2. The predicted molar refractivity (Wildman–Crippen MR) is 137 cm³/mol. The number of hydrogen-bond donors (Lipinski definition) is 2. The molecule has 1 unspecified atom stereocenters. The van der Waals surface area contributed by atoms with Crippen molar-refractivity contribution >= 4 is 45.0 Å². The first-order valence-electron chi connectivity index (χ1n) is 11.9. The first kappa shape index (κ1) is 22.6. The number of nitrogens with zero attached hydrogens (tertiary/aromatic N) is 3. The van der Waals surface area contributed by atoms with Gasteiger partial charge in [-0.3, -0.25) is 4.79 Å². The minimum absolute atomic E-state index is 0.0236. The Morgan fingerprint density at radius 2 is 2.00 bits per heavy atom. The van der Waals surface area contributed by atoms with Gasteiger partial charge in [0.05, 0.1) is 11.1 Å². The first-order valence-corrected chi connectivity index (χ1v) is 13.7. The highest BCUT2D eigenvalue weighted by atomic mass is 32.2. The van der Waals surface area contributed by atoms with Crippen molar-refractivity contribution in [1.82, 2.24) is 20.2 Å². The Bertz CT molecular complexity index is 1110. The molecule has 1 amide bonds. The number of fused-ring (bicyclic) bond motifs is 3. The number of likely N-dealkylation sites (tertiary alicyclic amines) is 1. The molecule has 3 heterocycles. The van der Waals surface area contributed by atoms with Gasteiger partial charge in [0.15, 0.2) is 5.16 Å². The standard InChI is InChI=1S/C25H31N5OS2/c26-23-22-19-10-9-18(17-7-3-1-4-8-17)15-20(19)33-24(22)29-25(28-23)32-16-21(31)27-11-14-30-12-5-2-6-13-30/h1,3-4,7-8,18H,2,5-6,9-16H2,(H,27,31)(H2,26,28,29). The second kappa shape index (κ2) is 10.4. The number of thiophene rings is 1. The third-order valence-corrected chi connectivity index (χ3v) is 8.71. The van der Waals surface area contributed by atoms with Gasteiger partial charge in [0.2, 0.25) is 5.91 Å². The second-order valence-corrected chi connectivity index (χ2v) is 11.0. The van der Waals surface area contributed by atoms with E-state index in [1.807, 2.05) is 0 Å². The van der Waals surface area contributed by atoms with Gasteiger partial charge in [-0.25, -0.2) is 9.97 Å². The van der Waals surface area contributed by atoms with Gasteiger partial charge >= 0.3 is 0 Å². The molecule has 6 nitrogen and oxygen atoms in total. The Hall–Kier alpha value is -2.16. The molecular weight excluding hydrogens is 450 g/mol. The number of aromatic nitrogens is 2. The maximum absolute atomic E-state index is 12.3. The molecule has 0 bridgehead atoms. The highest BCUT2D eigenvalue weighted by Crippen LogP contribution is 2.42. The number of nitrogen functional groups attached to an aromatic ring is 1. The van der Waals surface area contributed by atoms with Crippen LogP contribution in [-0.4, -0.2) is 52.7 Å². The number of anilines is 1. The molecule has 1 saturated heterocycles.